The Morgan fingerprint density at radius 2 is 1.52 bits per heavy atom. The molecule has 138 valence electrons. The molecule has 0 bridgehead atoms. The predicted octanol–water partition coefficient (Wildman–Crippen LogP) is 4.76. The molecule has 1 N–H and O–H groups in total. The average molecular weight is 361 g/mol. The van der Waals surface area contributed by atoms with Gasteiger partial charge in [0.1, 0.15) is 0 Å². The van der Waals surface area contributed by atoms with Crippen LogP contribution in [0.5, 0.6) is 0 Å². The van der Waals surface area contributed by atoms with Crippen molar-refractivity contribution in [3.05, 3.63) is 77.4 Å². The Labute approximate surface area is 159 Å². The van der Waals surface area contributed by atoms with Gasteiger partial charge < -0.3 is 10.1 Å². The summed E-state index contributed by atoms with van der Waals surface area (Å²) in [5, 5.41) is 4.91. The first-order valence-corrected chi connectivity index (χ1v) is 9.19. The van der Waals surface area contributed by atoms with E-state index in [1.807, 2.05) is 62.4 Å². The van der Waals surface area contributed by atoms with E-state index in [0.717, 1.165) is 40.4 Å². The van der Waals surface area contributed by atoms with Gasteiger partial charge in [-0.3, -0.25) is 4.79 Å². The van der Waals surface area contributed by atoms with Crippen molar-refractivity contribution in [1.82, 2.24) is 0 Å². The number of amides is 1. The molecule has 0 saturated carbocycles. The molecule has 4 heteroatoms. The maximum absolute atomic E-state index is 12.3. The average Bonchev–Trinajstić information content (AvgIpc) is 2.71. The quantitative estimate of drug-likeness (QED) is 0.644. The van der Waals surface area contributed by atoms with Crippen LogP contribution in [0.2, 0.25) is 0 Å². The maximum Gasteiger partial charge on any atom is 0.338 e. The van der Waals surface area contributed by atoms with Crippen molar-refractivity contribution in [2.45, 2.75) is 26.7 Å². The fourth-order valence-electron chi connectivity index (χ4n) is 3.11. The number of carbonyl (C=O) groups is 2. The number of anilines is 1. The second-order valence-corrected chi connectivity index (χ2v) is 6.34. The molecule has 0 heterocycles. The van der Waals surface area contributed by atoms with Crippen LogP contribution in [0.15, 0.2) is 60.7 Å². The van der Waals surface area contributed by atoms with Gasteiger partial charge in [0, 0.05) is 5.69 Å². The van der Waals surface area contributed by atoms with Crippen LogP contribution in [-0.4, -0.2) is 18.5 Å². The molecule has 0 aliphatic carbocycles. The van der Waals surface area contributed by atoms with Gasteiger partial charge in [0.15, 0.2) is 6.61 Å². The zero-order valence-corrected chi connectivity index (χ0v) is 15.6. The van der Waals surface area contributed by atoms with Crippen molar-refractivity contribution in [2.75, 3.05) is 11.9 Å². The lowest BCUT2D eigenvalue weighted by atomic mass is 10.0. The number of rotatable bonds is 6. The topological polar surface area (TPSA) is 55.4 Å². The molecule has 27 heavy (non-hydrogen) atoms. The highest BCUT2D eigenvalue weighted by Crippen LogP contribution is 2.22. The summed E-state index contributed by atoms with van der Waals surface area (Å²) in [5.74, 6) is -0.838. The molecule has 0 radical (unpaired) electrons. The number of fused-ring (bicyclic) bond motifs is 1. The van der Waals surface area contributed by atoms with E-state index < -0.39 is 5.97 Å². The molecule has 0 aliphatic rings. The zero-order valence-electron chi connectivity index (χ0n) is 15.6. The molecule has 0 atom stereocenters. The van der Waals surface area contributed by atoms with Crippen molar-refractivity contribution in [3.8, 4) is 0 Å². The first-order valence-electron chi connectivity index (χ1n) is 9.19. The number of nitrogens with one attached hydrogen (secondary N) is 1. The molecule has 3 aromatic carbocycles. The largest absolute Gasteiger partial charge is 0.452 e. The number of esters is 1. The summed E-state index contributed by atoms with van der Waals surface area (Å²) in [6.07, 6.45) is 1.64. The van der Waals surface area contributed by atoms with Gasteiger partial charge in [-0.1, -0.05) is 62.4 Å². The van der Waals surface area contributed by atoms with E-state index in [1.54, 1.807) is 12.1 Å². The Morgan fingerprint density at radius 3 is 2.19 bits per heavy atom. The summed E-state index contributed by atoms with van der Waals surface area (Å²) in [4.78, 5) is 24.6. The Hall–Kier alpha value is -3.14. The van der Waals surface area contributed by atoms with Crippen molar-refractivity contribution in [2.24, 2.45) is 0 Å². The summed E-state index contributed by atoms with van der Waals surface area (Å²) in [7, 11) is 0. The first kappa shape index (κ1) is 18.6. The molecule has 3 aromatic rings. The summed E-state index contributed by atoms with van der Waals surface area (Å²) >= 11 is 0. The molecule has 0 spiro atoms. The van der Waals surface area contributed by atoms with Crippen LogP contribution >= 0.6 is 0 Å². The van der Waals surface area contributed by atoms with E-state index in [-0.39, 0.29) is 12.5 Å². The van der Waals surface area contributed by atoms with Crippen molar-refractivity contribution in [3.63, 3.8) is 0 Å². The molecule has 0 saturated heterocycles. The molecule has 0 fully saturated rings. The molecule has 0 unspecified atom stereocenters. The third kappa shape index (κ3) is 4.34. The van der Waals surface area contributed by atoms with E-state index in [2.05, 4.69) is 5.32 Å². The van der Waals surface area contributed by atoms with Gasteiger partial charge in [-0.15, -0.1) is 0 Å². The summed E-state index contributed by atoms with van der Waals surface area (Å²) < 4.78 is 5.21. The normalized spacial score (nSPS) is 10.6. The minimum Gasteiger partial charge on any atom is -0.452 e. The molecule has 0 aromatic heterocycles. The van der Waals surface area contributed by atoms with Gasteiger partial charge in [0.2, 0.25) is 0 Å². The van der Waals surface area contributed by atoms with E-state index in [4.69, 9.17) is 4.74 Å². The number of hydrogen-bond acceptors (Lipinski definition) is 3. The number of ether oxygens (including phenoxy) is 1. The van der Waals surface area contributed by atoms with Crippen molar-refractivity contribution >= 4 is 28.3 Å². The minimum absolute atomic E-state index is 0.313. The lowest BCUT2D eigenvalue weighted by molar-refractivity contribution is -0.119. The number of carbonyl (C=O) groups excluding carboxylic acids is 2. The third-order valence-corrected chi connectivity index (χ3v) is 4.58. The van der Waals surface area contributed by atoms with Crippen LogP contribution in [0.3, 0.4) is 0 Å². The van der Waals surface area contributed by atoms with Gasteiger partial charge >= 0.3 is 5.97 Å². The van der Waals surface area contributed by atoms with Crippen LogP contribution in [0.25, 0.3) is 10.8 Å². The van der Waals surface area contributed by atoms with Gasteiger partial charge in [0.25, 0.3) is 5.91 Å². The second kappa shape index (κ2) is 8.49. The van der Waals surface area contributed by atoms with Crippen LogP contribution in [0, 0.1) is 0 Å². The van der Waals surface area contributed by atoms with Crippen molar-refractivity contribution < 1.29 is 14.3 Å². The highest BCUT2D eigenvalue weighted by Gasteiger charge is 2.13. The van der Waals surface area contributed by atoms with Crippen LogP contribution in [0.4, 0.5) is 5.69 Å². The van der Waals surface area contributed by atoms with Crippen molar-refractivity contribution in [1.29, 1.82) is 0 Å². The van der Waals surface area contributed by atoms with E-state index in [0.29, 0.717) is 5.56 Å². The Morgan fingerprint density at radius 1 is 0.852 bits per heavy atom. The fourth-order valence-corrected chi connectivity index (χ4v) is 3.11. The van der Waals surface area contributed by atoms with Crippen LogP contribution in [0.1, 0.15) is 35.3 Å². The summed E-state index contributed by atoms with van der Waals surface area (Å²) in [6, 6.07) is 19.1. The number of aryl methyl sites for hydroxylation is 2. The molecule has 0 aliphatic heterocycles. The Bertz CT molecular complexity index is 956. The number of hydrogen-bond donors (Lipinski definition) is 1. The van der Waals surface area contributed by atoms with E-state index >= 15 is 0 Å². The van der Waals surface area contributed by atoms with Gasteiger partial charge in [-0.25, -0.2) is 4.79 Å². The second-order valence-electron chi connectivity index (χ2n) is 6.34. The summed E-state index contributed by atoms with van der Waals surface area (Å²) in [6.45, 7) is 3.78. The Balaban J connectivity index is 1.66. The molecule has 4 nitrogen and oxygen atoms in total. The van der Waals surface area contributed by atoms with E-state index in [9.17, 15) is 9.59 Å². The highest BCUT2D eigenvalue weighted by molar-refractivity contribution is 5.98. The lowest BCUT2D eigenvalue weighted by Crippen LogP contribution is -2.22. The smallest absolute Gasteiger partial charge is 0.338 e. The maximum atomic E-state index is 12.3. The van der Waals surface area contributed by atoms with Gasteiger partial charge in [-0.2, -0.15) is 0 Å². The van der Waals surface area contributed by atoms with E-state index in [1.165, 1.54) is 0 Å². The zero-order chi connectivity index (χ0) is 19.2. The molecule has 1 amide bonds. The SMILES string of the molecule is CCc1cccc(CC)c1NC(=O)COC(=O)c1ccc2ccccc2c1. The van der Waals surface area contributed by atoms with Gasteiger partial charge in [-0.05, 0) is 46.9 Å². The molecule has 3 rings (SSSR count). The fraction of sp³-hybridized carbons (Fsp3) is 0.217. The lowest BCUT2D eigenvalue weighted by Gasteiger charge is -2.14. The monoisotopic (exact) mass is 361 g/mol. The standard InChI is InChI=1S/C23H23NO3/c1-3-16-10-7-11-17(4-2)22(16)24-21(25)15-27-23(26)20-13-12-18-8-5-6-9-19(18)14-20/h5-14H,3-4,15H2,1-2H3,(H,24,25). The molecular weight excluding hydrogens is 338 g/mol. The van der Waals surface area contributed by atoms with Crippen LogP contribution in [-0.2, 0) is 22.4 Å². The predicted molar refractivity (Wildman–Crippen MR) is 108 cm³/mol. The minimum atomic E-state index is -0.504. The summed E-state index contributed by atoms with van der Waals surface area (Å²) in [5.41, 5.74) is 3.41. The van der Waals surface area contributed by atoms with Gasteiger partial charge in [0.05, 0.1) is 5.56 Å². The molecular formula is C23H23NO3. The highest BCUT2D eigenvalue weighted by atomic mass is 16.5. The number of para-hydroxylation sites is 1. The first-order chi connectivity index (χ1) is 13.1. The number of benzene rings is 3. The Kier molecular flexibility index (Phi) is 5.87. The van der Waals surface area contributed by atoms with Crippen LogP contribution < -0.4 is 5.32 Å². The third-order valence-electron chi connectivity index (χ3n) is 4.58.